The Bertz CT molecular complexity index is 383. The van der Waals surface area contributed by atoms with E-state index in [1.54, 1.807) is 12.4 Å². The topological polar surface area (TPSA) is 48.9 Å². The number of nitrogens with one attached hydrogen (secondary N) is 1. The van der Waals surface area contributed by atoms with Crippen molar-refractivity contribution in [2.45, 2.75) is 18.9 Å². The van der Waals surface area contributed by atoms with Gasteiger partial charge in [0.2, 0.25) is 0 Å². The summed E-state index contributed by atoms with van der Waals surface area (Å²) in [5, 5.41) is 9.78. The highest BCUT2D eigenvalue weighted by atomic mass is 16.3. The van der Waals surface area contributed by atoms with Gasteiger partial charge >= 0.3 is 0 Å². The highest BCUT2D eigenvalue weighted by Gasteiger charge is 2.09. The predicted molar refractivity (Wildman–Crippen MR) is 58.3 cm³/mol. The maximum Gasteiger partial charge on any atom is 0.135 e. The fourth-order valence-corrected chi connectivity index (χ4v) is 1.54. The van der Waals surface area contributed by atoms with E-state index in [0.29, 0.717) is 12.2 Å². The van der Waals surface area contributed by atoms with E-state index in [2.05, 4.69) is 22.1 Å². The summed E-state index contributed by atoms with van der Waals surface area (Å²) < 4.78 is 0. The first-order valence-corrected chi connectivity index (χ1v) is 5.07. The van der Waals surface area contributed by atoms with Crippen molar-refractivity contribution in [1.82, 2.24) is 9.97 Å². The van der Waals surface area contributed by atoms with Gasteiger partial charge in [0.25, 0.3) is 0 Å². The van der Waals surface area contributed by atoms with Crippen molar-refractivity contribution in [3.05, 3.63) is 54.1 Å². The van der Waals surface area contributed by atoms with E-state index in [1.807, 2.05) is 18.2 Å². The molecule has 15 heavy (non-hydrogen) atoms. The molecule has 0 aliphatic heterocycles. The van der Waals surface area contributed by atoms with E-state index in [4.69, 9.17) is 0 Å². The molecule has 0 radical (unpaired) electrons. The molecule has 1 aromatic carbocycles. The number of aromatic nitrogens is 2. The van der Waals surface area contributed by atoms with E-state index in [-0.39, 0.29) is 0 Å². The van der Waals surface area contributed by atoms with Crippen molar-refractivity contribution >= 4 is 0 Å². The number of benzene rings is 1. The Balaban J connectivity index is 1.89. The van der Waals surface area contributed by atoms with Gasteiger partial charge in [-0.05, 0) is 18.4 Å². The fraction of sp³-hybridized carbons (Fsp3) is 0.250. The van der Waals surface area contributed by atoms with Crippen LogP contribution in [-0.4, -0.2) is 15.1 Å². The second-order valence-electron chi connectivity index (χ2n) is 3.51. The van der Waals surface area contributed by atoms with Crippen LogP contribution in [-0.2, 0) is 6.42 Å². The molecule has 2 rings (SSSR count). The summed E-state index contributed by atoms with van der Waals surface area (Å²) in [5.41, 5.74) is 1.24. The Morgan fingerprint density at radius 3 is 2.73 bits per heavy atom. The summed E-state index contributed by atoms with van der Waals surface area (Å²) in [6, 6.07) is 10.1. The van der Waals surface area contributed by atoms with Gasteiger partial charge in [0, 0.05) is 12.4 Å². The predicted octanol–water partition coefficient (Wildman–Crippen LogP) is 2.08. The van der Waals surface area contributed by atoms with E-state index in [9.17, 15) is 5.11 Å². The van der Waals surface area contributed by atoms with E-state index in [1.165, 1.54) is 5.56 Å². The molecule has 2 N–H and O–H groups in total. The quantitative estimate of drug-likeness (QED) is 0.797. The Labute approximate surface area is 88.8 Å². The molecule has 1 heterocycles. The number of H-pyrrole nitrogens is 1. The molecule has 78 valence electrons. The Morgan fingerprint density at radius 1 is 1.27 bits per heavy atom. The summed E-state index contributed by atoms with van der Waals surface area (Å²) in [5.74, 6) is 0.644. The molecular weight excluding hydrogens is 188 g/mol. The molecular formula is C12H14N2O. The Morgan fingerprint density at radius 2 is 2.07 bits per heavy atom. The van der Waals surface area contributed by atoms with Crippen LogP contribution in [0.1, 0.15) is 23.9 Å². The van der Waals surface area contributed by atoms with Crippen LogP contribution in [0.4, 0.5) is 0 Å². The minimum atomic E-state index is -0.500. The Kier molecular flexibility index (Phi) is 3.15. The zero-order valence-electron chi connectivity index (χ0n) is 8.43. The smallest absolute Gasteiger partial charge is 0.135 e. The molecule has 0 bridgehead atoms. The number of hydrogen-bond acceptors (Lipinski definition) is 2. The standard InChI is InChI=1S/C12H14N2O/c15-11(12-13-8-9-14-12)7-6-10-4-2-1-3-5-10/h1-5,8-9,11,15H,6-7H2,(H,13,14). The summed E-state index contributed by atoms with van der Waals surface area (Å²) >= 11 is 0. The number of imidazole rings is 1. The van der Waals surface area contributed by atoms with Crippen molar-refractivity contribution in [2.75, 3.05) is 0 Å². The minimum absolute atomic E-state index is 0.500. The molecule has 1 unspecified atom stereocenters. The van der Waals surface area contributed by atoms with Crippen LogP contribution < -0.4 is 0 Å². The molecule has 2 aromatic rings. The molecule has 0 saturated carbocycles. The summed E-state index contributed by atoms with van der Waals surface area (Å²) in [6.07, 6.45) is 4.43. The number of aromatic amines is 1. The van der Waals surface area contributed by atoms with Gasteiger partial charge in [-0.3, -0.25) is 0 Å². The van der Waals surface area contributed by atoms with Gasteiger partial charge in [0.1, 0.15) is 11.9 Å². The van der Waals surface area contributed by atoms with Crippen LogP contribution >= 0.6 is 0 Å². The number of hydrogen-bond donors (Lipinski definition) is 2. The van der Waals surface area contributed by atoms with Crippen LogP contribution in [0.3, 0.4) is 0 Å². The van der Waals surface area contributed by atoms with Crippen molar-refractivity contribution in [2.24, 2.45) is 0 Å². The lowest BCUT2D eigenvalue weighted by Gasteiger charge is -2.07. The third-order valence-electron chi connectivity index (χ3n) is 2.38. The first kappa shape index (κ1) is 9.93. The molecule has 3 heteroatoms. The first-order chi connectivity index (χ1) is 7.36. The van der Waals surface area contributed by atoms with E-state index >= 15 is 0 Å². The monoisotopic (exact) mass is 202 g/mol. The van der Waals surface area contributed by atoms with Gasteiger partial charge in [0.05, 0.1) is 0 Å². The lowest BCUT2D eigenvalue weighted by molar-refractivity contribution is 0.159. The Hall–Kier alpha value is -1.61. The van der Waals surface area contributed by atoms with Gasteiger partial charge < -0.3 is 10.1 Å². The fourth-order valence-electron chi connectivity index (χ4n) is 1.54. The molecule has 0 fully saturated rings. The molecule has 0 saturated heterocycles. The summed E-state index contributed by atoms with van der Waals surface area (Å²) in [6.45, 7) is 0. The molecule has 0 aliphatic rings. The molecule has 3 nitrogen and oxygen atoms in total. The maximum atomic E-state index is 9.78. The molecule has 1 atom stereocenters. The normalized spacial score (nSPS) is 12.6. The first-order valence-electron chi connectivity index (χ1n) is 5.07. The third kappa shape index (κ3) is 2.67. The SMILES string of the molecule is OC(CCc1ccccc1)c1ncc[nH]1. The van der Waals surface area contributed by atoms with Crippen molar-refractivity contribution in [1.29, 1.82) is 0 Å². The highest BCUT2D eigenvalue weighted by Crippen LogP contribution is 2.14. The molecule has 0 aliphatic carbocycles. The van der Waals surface area contributed by atoms with Crippen molar-refractivity contribution < 1.29 is 5.11 Å². The summed E-state index contributed by atoms with van der Waals surface area (Å²) in [7, 11) is 0. The van der Waals surface area contributed by atoms with Crippen LogP contribution in [0.25, 0.3) is 0 Å². The number of aliphatic hydroxyl groups is 1. The van der Waals surface area contributed by atoms with Crippen molar-refractivity contribution in [3.8, 4) is 0 Å². The second-order valence-corrected chi connectivity index (χ2v) is 3.51. The maximum absolute atomic E-state index is 9.78. The van der Waals surface area contributed by atoms with Gasteiger partial charge in [0.15, 0.2) is 0 Å². The lowest BCUT2D eigenvalue weighted by atomic mass is 10.1. The summed E-state index contributed by atoms with van der Waals surface area (Å²) in [4.78, 5) is 6.93. The second kappa shape index (κ2) is 4.75. The van der Waals surface area contributed by atoms with Crippen LogP contribution in [0, 0.1) is 0 Å². The van der Waals surface area contributed by atoms with Gasteiger partial charge in [-0.2, -0.15) is 0 Å². The van der Waals surface area contributed by atoms with Gasteiger partial charge in [-0.1, -0.05) is 30.3 Å². The minimum Gasteiger partial charge on any atom is -0.385 e. The lowest BCUT2D eigenvalue weighted by Crippen LogP contribution is -2.01. The van der Waals surface area contributed by atoms with E-state index in [0.717, 1.165) is 6.42 Å². The van der Waals surface area contributed by atoms with Crippen LogP contribution in [0.5, 0.6) is 0 Å². The van der Waals surface area contributed by atoms with E-state index < -0.39 is 6.10 Å². The zero-order chi connectivity index (χ0) is 10.5. The zero-order valence-corrected chi connectivity index (χ0v) is 8.43. The van der Waals surface area contributed by atoms with Crippen LogP contribution in [0.15, 0.2) is 42.7 Å². The number of aliphatic hydroxyl groups excluding tert-OH is 1. The number of aryl methyl sites for hydroxylation is 1. The van der Waals surface area contributed by atoms with Crippen LogP contribution in [0.2, 0.25) is 0 Å². The van der Waals surface area contributed by atoms with Crippen molar-refractivity contribution in [3.63, 3.8) is 0 Å². The largest absolute Gasteiger partial charge is 0.385 e. The average molecular weight is 202 g/mol. The average Bonchev–Trinajstić information content (AvgIpc) is 2.81. The highest BCUT2D eigenvalue weighted by molar-refractivity contribution is 5.14. The number of nitrogens with zero attached hydrogens (tertiary/aromatic N) is 1. The van der Waals surface area contributed by atoms with Gasteiger partial charge in [-0.25, -0.2) is 4.98 Å². The number of rotatable bonds is 4. The third-order valence-corrected chi connectivity index (χ3v) is 2.38. The van der Waals surface area contributed by atoms with Gasteiger partial charge in [-0.15, -0.1) is 0 Å². The molecule has 1 aromatic heterocycles. The molecule has 0 amide bonds. The molecule has 0 spiro atoms.